The summed E-state index contributed by atoms with van der Waals surface area (Å²) in [6, 6.07) is 13.2. The van der Waals surface area contributed by atoms with Crippen LogP contribution in [0.5, 0.6) is 0 Å². The summed E-state index contributed by atoms with van der Waals surface area (Å²) in [6.45, 7) is 3.72. The molecule has 6 nitrogen and oxygen atoms in total. The second-order valence-corrected chi connectivity index (χ2v) is 5.51. The highest BCUT2D eigenvalue weighted by molar-refractivity contribution is 6.03. The first-order valence-electron chi connectivity index (χ1n) is 7.53. The van der Waals surface area contributed by atoms with E-state index in [-0.39, 0.29) is 17.9 Å². The molecule has 0 aliphatic heterocycles. The fourth-order valence-corrected chi connectivity index (χ4v) is 2.12. The van der Waals surface area contributed by atoms with Gasteiger partial charge in [-0.05, 0) is 50.2 Å². The van der Waals surface area contributed by atoms with Crippen LogP contribution in [-0.2, 0) is 0 Å². The molecule has 1 atom stereocenters. The Labute approximate surface area is 140 Å². The summed E-state index contributed by atoms with van der Waals surface area (Å²) in [5.74, 6) is -1.27. The Kier molecular flexibility index (Phi) is 5.63. The molecule has 2 amide bonds. The molecule has 1 unspecified atom stereocenters. The number of hydrogen-bond donors (Lipinski definition) is 2. The molecular weight excluding hydrogens is 304 g/mol. The molecule has 0 bridgehead atoms. The maximum absolute atomic E-state index is 12.5. The molecule has 1 aromatic carbocycles. The number of ketones is 1. The zero-order valence-electron chi connectivity index (χ0n) is 13.5. The first kappa shape index (κ1) is 17.2. The Morgan fingerprint density at radius 2 is 1.83 bits per heavy atom. The van der Waals surface area contributed by atoms with Crippen LogP contribution in [0.3, 0.4) is 0 Å². The number of carbonyl (C=O) groups excluding carboxylic acids is 2. The smallest absolute Gasteiger partial charge is 0.319 e. The highest BCUT2D eigenvalue weighted by Crippen LogP contribution is 2.20. The predicted octanol–water partition coefficient (Wildman–Crippen LogP) is 3.10. The van der Waals surface area contributed by atoms with Gasteiger partial charge in [-0.15, -0.1) is 0 Å². The highest BCUT2D eigenvalue weighted by atomic mass is 16.2. The first-order chi connectivity index (χ1) is 11.5. The Morgan fingerprint density at radius 3 is 2.38 bits per heavy atom. The lowest BCUT2D eigenvalue weighted by Gasteiger charge is -2.11. The van der Waals surface area contributed by atoms with E-state index in [0.717, 1.165) is 0 Å². The van der Waals surface area contributed by atoms with Gasteiger partial charge >= 0.3 is 6.03 Å². The number of nitriles is 1. The van der Waals surface area contributed by atoms with Gasteiger partial charge in [-0.25, -0.2) is 4.79 Å². The van der Waals surface area contributed by atoms with Crippen molar-refractivity contribution in [1.82, 2.24) is 10.3 Å². The molecule has 2 aromatic rings. The van der Waals surface area contributed by atoms with Crippen molar-refractivity contribution in [3.05, 3.63) is 59.9 Å². The first-order valence-corrected chi connectivity index (χ1v) is 7.53. The van der Waals surface area contributed by atoms with Crippen LogP contribution in [0, 0.1) is 11.3 Å². The molecule has 0 fully saturated rings. The van der Waals surface area contributed by atoms with Crippen molar-refractivity contribution in [2.24, 2.45) is 0 Å². The van der Waals surface area contributed by atoms with Crippen molar-refractivity contribution < 1.29 is 9.59 Å². The molecule has 2 N–H and O–H groups in total. The predicted molar refractivity (Wildman–Crippen MR) is 90.7 cm³/mol. The summed E-state index contributed by atoms with van der Waals surface area (Å²) in [7, 11) is 0. The third-order valence-corrected chi connectivity index (χ3v) is 3.22. The minimum atomic E-state index is -0.950. The lowest BCUT2D eigenvalue weighted by atomic mass is 9.95. The summed E-state index contributed by atoms with van der Waals surface area (Å²) in [5.41, 5.74) is 1.38. The summed E-state index contributed by atoms with van der Waals surface area (Å²) >= 11 is 0. The van der Waals surface area contributed by atoms with Crippen molar-refractivity contribution in [2.75, 3.05) is 5.32 Å². The van der Waals surface area contributed by atoms with Crippen LogP contribution in [0.15, 0.2) is 48.7 Å². The third-order valence-electron chi connectivity index (χ3n) is 3.22. The average Bonchev–Trinajstić information content (AvgIpc) is 2.56. The molecule has 0 saturated heterocycles. The minimum Gasteiger partial charge on any atom is -0.336 e. The lowest BCUT2D eigenvalue weighted by Crippen LogP contribution is -2.34. The average molecular weight is 322 g/mol. The third kappa shape index (κ3) is 4.40. The van der Waals surface area contributed by atoms with Crippen molar-refractivity contribution in [1.29, 1.82) is 5.26 Å². The summed E-state index contributed by atoms with van der Waals surface area (Å²) in [6.07, 6.45) is 1.55. The fraction of sp³-hybridized carbons (Fsp3) is 0.222. The van der Waals surface area contributed by atoms with Gasteiger partial charge < -0.3 is 10.6 Å². The second-order valence-electron chi connectivity index (χ2n) is 5.51. The molecule has 122 valence electrons. The molecule has 0 radical (unpaired) electrons. The van der Waals surface area contributed by atoms with Crippen LogP contribution < -0.4 is 10.6 Å². The zero-order valence-corrected chi connectivity index (χ0v) is 13.5. The van der Waals surface area contributed by atoms with E-state index in [4.69, 9.17) is 0 Å². The Hall–Kier alpha value is -3.20. The van der Waals surface area contributed by atoms with Crippen molar-refractivity contribution >= 4 is 17.5 Å². The maximum Gasteiger partial charge on any atom is 0.319 e. The Morgan fingerprint density at radius 1 is 1.12 bits per heavy atom. The number of urea groups is 1. The molecule has 2 rings (SSSR count). The van der Waals surface area contributed by atoms with Crippen molar-refractivity contribution in [3.63, 3.8) is 0 Å². The molecule has 0 saturated carbocycles. The molecule has 6 heteroatoms. The molecule has 0 spiro atoms. The van der Waals surface area contributed by atoms with E-state index in [2.05, 4.69) is 15.6 Å². The van der Waals surface area contributed by atoms with Gasteiger partial charge in [0.25, 0.3) is 0 Å². The van der Waals surface area contributed by atoms with Gasteiger partial charge in [0.05, 0.1) is 11.8 Å². The van der Waals surface area contributed by atoms with E-state index in [1.54, 1.807) is 48.7 Å². The molecule has 1 aromatic heterocycles. The summed E-state index contributed by atoms with van der Waals surface area (Å²) in [4.78, 5) is 28.2. The number of Topliss-reactive ketones (excluding diaryl/α,β-unsaturated/α-hetero) is 1. The number of nitrogens with one attached hydrogen (secondary N) is 2. The number of aromatic nitrogens is 1. The standard InChI is InChI=1S/C18H18N4O2/c1-12(2)21-18(24)22-14-8-6-13(7-9-14)17(23)15(11-19)16-5-3-4-10-20-16/h3-10,12,15H,1-2H3,(H2,21,22,24). The number of benzene rings is 1. The van der Waals surface area contributed by atoms with Crippen LogP contribution in [0.25, 0.3) is 0 Å². The highest BCUT2D eigenvalue weighted by Gasteiger charge is 2.22. The number of amides is 2. The number of hydrogen-bond acceptors (Lipinski definition) is 4. The van der Waals surface area contributed by atoms with E-state index in [1.165, 1.54) is 0 Å². The van der Waals surface area contributed by atoms with E-state index in [9.17, 15) is 14.9 Å². The maximum atomic E-state index is 12.5. The number of rotatable bonds is 5. The zero-order chi connectivity index (χ0) is 17.5. The van der Waals surface area contributed by atoms with E-state index in [0.29, 0.717) is 16.9 Å². The molecule has 0 aliphatic carbocycles. The van der Waals surface area contributed by atoms with E-state index < -0.39 is 5.92 Å². The number of pyridine rings is 1. The van der Waals surface area contributed by atoms with Gasteiger partial charge in [0, 0.05) is 23.5 Å². The van der Waals surface area contributed by atoms with E-state index in [1.807, 2.05) is 19.9 Å². The number of carbonyl (C=O) groups is 2. The van der Waals surface area contributed by atoms with Gasteiger partial charge in [-0.3, -0.25) is 9.78 Å². The van der Waals surface area contributed by atoms with Crippen LogP contribution in [-0.4, -0.2) is 22.8 Å². The quantitative estimate of drug-likeness (QED) is 0.827. The van der Waals surface area contributed by atoms with Crippen LogP contribution in [0.1, 0.15) is 35.8 Å². The summed E-state index contributed by atoms with van der Waals surface area (Å²) in [5, 5.41) is 14.7. The molecule has 0 aliphatic rings. The Bertz CT molecular complexity index is 749. The van der Waals surface area contributed by atoms with Gasteiger partial charge in [0.2, 0.25) is 0 Å². The van der Waals surface area contributed by atoms with Crippen molar-refractivity contribution in [3.8, 4) is 6.07 Å². The lowest BCUT2D eigenvalue weighted by molar-refractivity contribution is 0.0977. The van der Waals surface area contributed by atoms with Crippen LogP contribution >= 0.6 is 0 Å². The number of anilines is 1. The van der Waals surface area contributed by atoms with Crippen LogP contribution in [0.4, 0.5) is 10.5 Å². The molecular formula is C18H18N4O2. The van der Waals surface area contributed by atoms with Gasteiger partial charge in [0.1, 0.15) is 0 Å². The molecule has 24 heavy (non-hydrogen) atoms. The van der Waals surface area contributed by atoms with Gasteiger partial charge in [0.15, 0.2) is 11.7 Å². The molecule has 1 heterocycles. The minimum absolute atomic E-state index is 0.0283. The fourth-order valence-electron chi connectivity index (χ4n) is 2.12. The number of nitrogens with zero attached hydrogens (tertiary/aromatic N) is 2. The van der Waals surface area contributed by atoms with Crippen molar-refractivity contribution in [2.45, 2.75) is 25.8 Å². The second kappa shape index (κ2) is 7.88. The normalized spacial score (nSPS) is 11.4. The van der Waals surface area contributed by atoms with Gasteiger partial charge in [-0.2, -0.15) is 5.26 Å². The summed E-state index contributed by atoms with van der Waals surface area (Å²) < 4.78 is 0. The van der Waals surface area contributed by atoms with Crippen LogP contribution in [0.2, 0.25) is 0 Å². The van der Waals surface area contributed by atoms with Gasteiger partial charge in [-0.1, -0.05) is 6.07 Å². The Balaban J connectivity index is 2.11. The topological polar surface area (TPSA) is 94.9 Å². The van der Waals surface area contributed by atoms with E-state index >= 15 is 0 Å². The SMILES string of the molecule is CC(C)NC(=O)Nc1ccc(C(=O)C(C#N)c2ccccn2)cc1. The largest absolute Gasteiger partial charge is 0.336 e. The monoisotopic (exact) mass is 322 g/mol.